The summed E-state index contributed by atoms with van der Waals surface area (Å²) in [5.74, 6) is 0.585. The standard InChI is InChI=1S/C16H23ClN2O2/c1-11-9-14(15(21-3)10-13(11)17)18-16(20)12(2)19-7-5-4-6-8-19/h9-10,12H,4-8H2,1-3H3,(H,18,20)/t12-/m0/s1. The maximum atomic E-state index is 12.4. The number of hydrogen-bond donors (Lipinski definition) is 1. The van der Waals surface area contributed by atoms with E-state index in [1.165, 1.54) is 19.3 Å². The number of halogens is 1. The second kappa shape index (κ2) is 7.14. The minimum atomic E-state index is -0.133. The van der Waals surface area contributed by atoms with E-state index in [4.69, 9.17) is 16.3 Å². The maximum absolute atomic E-state index is 12.4. The van der Waals surface area contributed by atoms with Crippen molar-refractivity contribution in [2.45, 2.75) is 39.2 Å². The summed E-state index contributed by atoms with van der Waals surface area (Å²) in [7, 11) is 1.57. The Kier molecular flexibility index (Phi) is 5.48. The van der Waals surface area contributed by atoms with E-state index in [0.717, 1.165) is 18.7 Å². The molecule has 1 aromatic rings. The third kappa shape index (κ3) is 3.89. The lowest BCUT2D eigenvalue weighted by Crippen LogP contribution is -2.44. The van der Waals surface area contributed by atoms with Crippen molar-refractivity contribution in [3.63, 3.8) is 0 Å². The van der Waals surface area contributed by atoms with Gasteiger partial charge in [0.05, 0.1) is 18.8 Å². The van der Waals surface area contributed by atoms with Crippen molar-refractivity contribution in [3.05, 3.63) is 22.7 Å². The van der Waals surface area contributed by atoms with Gasteiger partial charge in [0, 0.05) is 11.1 Å². The number of anilines is 1. The summed E-state index contributed by atoms with van der Waals surface area (Å²) < 4.78 is 5.29. The number of carbonyl (C=O) groups excluding carboxylic acids is 1. The number of aryl methyl sites for hydroxylation is 1. The van der Waals surface area contributed by atoms with Gasteiger partial charge in [-0.1, -0.05) is 18.0 Å². The highest BCUT2D eigenvalue weighted by Crippen LogP contribution is 2.31. The van der Waals surface area contributed by atoms with E-state index in [2.05, 4.69) is 10.2 Å². The third-order valence-electron chi connectivity index (χ3n) is 4.06. The zero-order chi connectivity index (χ0) is 15.4. The molecule has 4 nitrogen and oxygen atoms in total. The van der Waals surface area contributed by atoms with Crippen LogP contribution < -0.4 is 10.1 Å². The Hall–Kier alpha value is -1.26. The highest BCUT2D eigenvalue weighted by atomic mass is 35.5. The topological polar surface area (TPSA) is 41.6 Å². The number of methoxy groups -OCH3 is 1. The predicted octanol–water partition coefficient (Wildman–Crippen LogP) is 3.47. The number of nitrogens with zero attached hydrogens (tertiary/aromatic N) is 1. The molecule has 0 bridgehead atoms. The van der Waals surface area contributed by atoms with Crippen molar-refractivity contribution in [3.8, 4) is 5.75 Å². The van der Waals surface area contributed by atoms with Gasteiger partial charge in [-0.2, -0.15) is 0 Å². The Morgan fingerprint density at radius 2 is 2.00 bits per heavy atom. The summed E-state index contributed by atoms with van der Waals surface area (Å²) in [6.07, 6.45) is 3.59. The molecule has 2 rings (SSSR count). The average molecular weight is 311 g/mol. The van der Waals surface area contributed by atoms with E-state index in [0.29, 0.717) is 16.5 Å². The smallest absolute Gasteiger partial charge is 0.241 e. The van der Waals surface area contributed by atoms with Crippen LogP contribution in [0.3, 0.4) is 0 Å². The van der Waals surface area contributed by atoms with Crippen molar-refractivity contribution in [1.29, 1.82) is 0 Å². The van der Waals surface area contributed by atoms with Crippen molar-refractivity contribution in [1.82, 2.24) is 4.90 Å². The van der Waals surface area contributed by atoms with Gasteiger partial charge in [0.1, 0.15) is 5.75 Å². The average Bonchev–Trinajstić information content (AvgIpc) is 2.50. The number of piperidine rings is 1. The van der Waals surface area contributed by atoms with E-state index < -0.39 is 0 Å². The van der Waals surface area contributed by atoms with Gasteiger partial charge in [0.25, 0.3) is 0 Å². The zero-order valence-electron chi connectivity index (χ0n) is 12.9. The third-order valence-corrected chi connectivity index (χ3v) is 4.46. The predicted molar refractivity (Wildman–Crippen MR) is 86.3 cm³/mol. The Balaban J connectivity index is 2.09. The molecule has 1 N–H and O–H groups in total. The van der Waals surface area contributed by atoms with Gasteiger partial charge in [-0.15, -0.1) is 0 Å². The lowest BCUT2D eigenvalue weighted by atomic mass is 10.1. The van der Waals surface area contributed by atoms with E-state index in [1.54, 1.807) is 13.2 Å². The second-order valence-corrected chi connectivity index (χ2v) is 5.97. The number of nitrogens with one attached hydrogen (secondary N) is 1. The lowest BCUT2D eigenvalue weighted by Gasteiger charge is -2.31. The monoisotopic (exact) mass is 310 g/mol. The summed E-state index contributed by atoms with van der Waals surface area (Å²) in [6.45, 7) is 5.85. The molecule has 0 aliphatic carbocycles. The SMILES string of the molecule is COc1cc(Cl)c(C)cc1NC(=O)[C@H](C)N1CCCCC1. The van der Waals surface area contributed by atoms with E-state index in [1.807, 2.05) is 19.9 Å². The van der Waals surface area contributed by atoms with Crippen LogP contribution in [0.15, 0.2) is 12.1 Å². The van der Waals surface area contributed by atoms with Crippen LogP contribution in [0.1, 0.15) is 31.7 Å². The zero-order valence-corrected chi connectivity index (χ0v) is 13.7. The van der Waals surface area contributed by atoms with Crippen LogP contribution >= 0.6 is 11.6 Å². The molecule has 1 fully saturated rings. The van der Waals surface area contributed by atoms with E-state index in [9.17, 15) is 4.79 Å². The first-order chi connectivity index (χ1) is 10.0. The molecule has 1 aliphatic rings. The lowest BCUT2D eigenvalue weighted by molar-refractivity contribution is -0.121. The number of ether oxygens (including phenoxy) is 1. The number of amides is 1. The van der Waals surface area contributed by atoms with Gasteiger partial charge in [-0.25, -0.2) is 0 Å². The Bertz CT molecular complexity index is 513. The van der Waals surface area contributed by atoms with E-state index in [-0.39, 0.29) is 11.9 Å². The highest BCUT2D eigenvalue weighted by molar-refractivity contribution is 6.31. The summed E-state index contributed by atoms with van der Waals surface area (Å²) in [5, 5.41) is 3.60. The molecule has 0 radical (unpaired) electrons. The largest absolute Gasteiger partial charge is 0.495 e. The number of carbonyl (C=O) groups is 1. The molecular formula is C16H23ClN2O2. The van der Waals surface area contributed by atoms with E-state index >= 15 is 0 Å². The molecule has 5 heteroatoms. The summed E-state index contributed by atoms with van der Waals surface area (Å²) in [4.78, 5) is 14.7. The Morgan fingerprint density at radius 3 is 2.62 bits per heavy atom. The van der Waals surface area contributed by atoms with Gasteiger partial charge in [0.2, 0.25) is 5.91 Å². The van der Waals surface area contributed by atoms with Gasteiger partial charge >= 0.3 is 0 Å². The molecule has 0 aromatic heterocycles. The van der Waals surface area contributed by atoms with Crippen molar-refractivity contribution < 1.29 is 9.53 Å². The van der Waals surface area contributed by atoms with Crippen LogP contribution in [0.25, 0.3) is 0 Å². The minimum Gasteiger partial charge on any atom is -0.495 e. The number of benzene rings is 1. The molecule has 1 saturated heterocycles. The Labute approximate surface area is 131 Å². The van der Waals surface area contributed by atoms with Gasteiger partial charge in [-0.05, 0) is 51.4 Å². The van der Waals surface area contributed by atoms with Crippen LogP contribution in [0.5, 0.6) is 5.75 Å². The van der Waals surface area contributed by atoms with Gasteiger partial charge in [-0.3, -0.25) is 9.69 Å². The molecule has 1 amide bonds. The van der Waals surface area contributed by atoms with Crippen molar-refractivity contribution in [2.24, 2.45) is 0 Å². The van der Waals surface area contributed by atoms with Gasteiger partial charge in [0.15, 0.2) is 0 Å². The fraction of sp³-hybridized carbons (Fsp3) is 0.562. The maximum Gasteiger partial charge on any atom is 0.241 e. The first-order valence-electron chi connectivity index (χ1n) is 7.42. The fourth-order valence-corrected chi connectivity index (χ4v) is 2.79. The number of hydrogen-bond acceptors (Lipinski definition) is 3. The van der Waals surface area contributed by atoms with Crippen molar-refractivity contribution in [2.75, 3.05) is 25.5 Å². The highest BCUT2D eigenvalue weighted by Gasteiger charge is 2.23. The fourth-order valence-electron chi connectivity index (χ4n) is 2.64. The molecule has 0 unspecified atom stereocenters. The van der Waals surface area contributed by atoms with Crippen LogP contribution in [0.2, 0.25) is 5.02 Å². The number of likely N-dealkylation sites (tertiary alicyclic amines) is 1. The normalized spacial score (nSPS) is 17.3. The van der Waals surface area contributed by atoms with Crippen LogP contribution in [-0.2, 0) is 4.79 Å². The molecular weight excluding hydrogens is 288 g/mol. The molecule has 1 aliphatic heterocycles. The number of rotatable bonds is 4. The molecule has 116 valence electrons. The quantitative estimate of drug-likeness (QED) is 0.926. The molecule has 0 saturated carbocycles. The van der Waals surface area contributed by atoms with Crippen LogP contribution in [-0.4, -0.2) is 37.0 Å². The first kappa shape index (κ1) is 16.1. The second-order valence-electron chi connectivity index (χ2n) is 5.56. The van der Waals surface area contributed by atoms with Crippen LogP contribution in [0, 0.1) is 6.92 Å². The Morgan fingerprint density at radius 1 is 1.33 bits per heavy atom. The summed E-state index contributed by atoms with van der Waals surface area (Å²) in [5.41, 5.74) is 1.59. The van der Waals surface area contributed by atoms with Crippen LogP contribution in [0.4, 0.5) is 5.69 Å². The van der Waals surface area contributed by atoms with Crippen molar-refractivity contribution >= 4 is 23.2 Å². The summed E-state index contributed by atoms with van der Waals surface area (Å²) >= 11 is 6.08. The van der Waals surface area contributed by atoms with Gasteiger partial charge < -0.3 is 10.1 Å². The molecule has 1 heterocycles. The summed E-state index contributed by atoms with van der Waals surface area (Å²) in [6, 6.07) is 3.45. The minimum absolute atomic E-state index is 0.00285. The molecule has 21 heavy (non-hydrogen) atoms. The molecule has 1 atom stereocenters. The molecule has 1 aromatic carbocycles. The first-order valence-corrected chi connectivity index (χ1v) is 7.79. The molecule has 0 spiro atoms.